The quantitative estimate of drug-likeness (QED) is 0.650. The van der Waals surface area contributed by atoms with Crippen molar-refractivity contribution in [1.82, 2.24) is 24.3 Å². The summed E-state index contributed by atoms with van der Waals surface area (Å²) in [6.07, 6.45) is 3.45. The zero-order chi connectivity index (χ0) is 16.4. The molecule has 0 aliphatic carbocycles. The third-order valence-corrected chi connectivity index (χ3v) is 5.46. The van der Waals surface area contributed by atoms with E-state index in [1.807, 2.05) is 18.2 Å². The van der Waals surface area contributed by atoms with E-state index in [9.17, 15) is 13.2 Å². The summed E-state index contributed by atoms with van der Waals surface area (Å²) in [5.41, 5.74) is 0.866. The SMILES string of the molecule is CC(=O)Nc1nnc(S(=O)(=O)NCc2ncc3ccccn23)s1. The minimum Gasteiger partial charge on any atom is -0.303 e. The predicted molar refractivity (Wildman–Crippen MR) is 83.4 cm³/mol. The Morgan fingerprint density at radius 3 is 2.96 bits per heavy atom. The Morgan fingerprint density at radius 2 is 2.17 bits per heavy atom. The monoisotopic (exact) mass is 352 g/mol. The summed E-state index contributed by atoms with van der Waals surface area (Å²) in [7, 11) is -3.83. The highest BCUT2D eigenvalue weighted by molar-refractivity contribution is 7.91. The van der Waals surface area contributed by atoms with E-state index in [4.69, 9.17) is 0 Å². The van der Waals surface area contributed by atoms with Crippen LogP contribution >= 0.6 is 11.3 Å². The van der Waals surface area contributed by atoms with Crippen LogP contribution < -0.4 is 10.0 Å². The van der Waals surface area contributed by atoms with E-state index in [0.717, 1.165) is 16.9 Å². The summed E-state index contributed by atoms with van der Waals surface area (Å²) in [5.74, 6) is 0.206. The van der Waals surface area contributed by atoms with Gasteiger partial charge in [0.05, 0.1) is 18.3 Å². The minimum absolute atomic E-state index is 0.00949. The maximum atomic E-state index is 12.2. The number of amides is 1. The molecule has 0 unspecified atom stereocenters. The summed E-state index contributed by atoms with van der Waals surface area (Å²) < 4.78 is 28.4. The number of nitrogens with one attached hydrogen (secondary N) is 2. The average molecular weight is 352 g/mol. The fourth-order valence-electron chi connectivity index (χ4n) is 1.87. The number of imidazole rings is 1. The largest absolute Gasteiger partial charge is 0.303 e. The third-order valence-electron chi connectivity index (χ3n) is 2.85. The van der Waals surface area contributed by atoms with Crippen LogP contribution in [-0.2, 0) is 21.4 Å². The number of nitrogens with zero attached hydrogens (tertiary/aromatic N) is 4. The fraction of sp³-hybridized carbons (Fsp3) is 0.167. The number of rotatable bonds is 5. The van der Waals surface area contributed by atoms with Crippen LogP contribution in [0, 0.1) is 0 Å². The first-order chi connectivity index (χ1) is 11.0. The summed E-state index contributed by atoms with van der Waals surface area (Å²) in [6.45, 7) is 1.31. The van der Waals surface area contributed by atoms with E-state index in [-0.39, 0.29) is 21.9 Å². The number of hydrogen-bond donors (Lipinski definition) is 2. The van der Waals surface area contributed by atoms with Crippen LogP contribution in [0.5, 0.6) is 0 Å². The van der Waals surface area contributed by atoms with Crippen LogP contribution in [-0.4, -0.2) is 33.9 Å². The van der Waals surface area contributed by atoms with Crippen LogP contribution in [0.15, 0.2) is 34.9 Å². The van der Waals surface area contributed by atoms with E-state index < -0.39 is 10.0 Å². The normalized spacial score (nSPS) is 11.7. The second-order valence-corrected chi connectivity index (χ2v) is 7.47. The van der Waals surface area contributed by atoms with Crippen molar-refractivity contribution in [3.63, 3.8) is 0 Å². The number of sulfonamides is 1. The number of carbonyl (C=O) groups excluding carboxylic acids is 1. The smallest absolute Gasteiger partial charge is 0.270 e. The lowest BCUT2D eigenvalue weighted by molar-refractivity contribution is -0.114. The van der Waals surface area contributed by atoms with Gasteiger partial charge in [-0.1, -0.05) is 17.4 Å². The lowest BCUT2D eigenvalue weighted by atomic mass is 10.4. The minimum atomic E-state index is -3.83. The van der Waals surface area contributed by atoms with Gasteiger partial charge < -0.3 is 9.72 Å². The Morgan fingerprint density at radius 1 is 1.35 bits per heavy atom. The molecule has 11 heteroatoms. The lowest BCUT2D eigenvalue weighted by Crippen LogP contribution is -2.24. The van der Waals surface area contributed by atoms with E-state index in [2.05, 4.69) is 25.2 Å². The van der Waals surface area contributed by atoms with Crippen molar-refractivity contribution in [2.24, 2.45) is 0 Å². The Balaban J connectivity index is 1.76. The van der Waals surface area contributed by atoms with Crippen LogP contribution in [0.1, 0.15) is 12.7 Å². The number of carbonyl (C=O) groups is 1. The zero-order valence-electron chi connectivity index (χ0n) is 11.9. The number of pyridine rings is 1. The van der Waals surface area contributed by atoms with E-state index in [1.54, 1.807) is 16.8 Å². The summed E-state index contributed by atoms with van der Waals surface area (Å²) >= 11 is 0.777. The summed E-state index contributed by atoms with van der Waals surface area (Å²) in [5, 5.41) is 9.71. The molecule has 3 rings (SSSR count). The van der Waals surface area contributed by atoms with Crippen molar-refractivity contribution in [2.45, 2.75) is 17.8 Å². The molecule has 120 valence electrons. The fourth-order valence-corrected chi connectivity index (χ4v) is 3.84. The van der Waals surface area contributed by atoms with Gasteiger partial charge in [0, 0.05) is 13.1 Å². The molecule has 0 aliphatic rings. The highest BCUT2D eigenvalue weighted by Crippen LogP contribution is 2.19. The van der Waals surface area contributed by atoms with Gasteiger partial charge in [0.2, 0.25) is 15.4 Å². The van der Waals surface area contributed by atoms with Crippen molar-refractivity contribution < 1.29 is 13.2 Å². The number of anilines is 1. The van der Waals surface area contributed by atoms with Gasteiger partial charge in [0.25, 0.3) is 10.0 Å². The van der Waals surface area contributed by atoms with Gasteiger partial charge in [-0.05, 0) is 12.1 Å². The van der Waals surface area contributed by atoms with Gasteiger partial charge in [0.1, 0.15) is 5.82 Å². The molecule has 0 aliphatic heterocycles. The summed E-state index contributed by atoms with van der Waals surface area (Å²) in [4.78, 5) is 15.1. The molecule has 0 saturated carbocycles. The van der Waals surface area contributed by atoms with Crippen molar-refractivity contribution in [3.8, 4) is 0 Å². The second-order valence-electron chi connectivity index (χ2n) is 4.55. The topological polar surface area (TPSA) is 118 Å². The third kappa shape index (κ3) is 3.36. The van der Waals surface area contributed by atoms with Crippen molar-refractivity contribution in [2.75, 3.05) is 5.32 Å². The van der Waals surface area contributed by atoms with E-state index in [1.165, 1.54) is 6.92 Å². The molecule has 0 aromatic carbocycles. The molecular formula is C12H12N6O3S2. The maximum absolute atomic E-state index is 12.2. The van der Waals surface area contributed by atoms with Crippen LogP contribution in [0.3, 0.4) is 0 Å². The van der Waals surface area contributed by atoms with Crippen molar-refractivity contribution >= 4 is 37.9 Å². The first-order valence-corrected chi connectivity index (χ1v) is 8.77. The van der Waals surface area contributed by atoms with Crippen molar-refractivity contribution in [3.05, 3.63) is 36.4 Å². The van der Waals surface area contributed by atoms with Gasteiger partial charge in [-0.25, -0.2) is 18.1 Å². The van der Waals surface area contributed by atoms with Gasteiger partial charge >= 0.3 is 0 Å². The van der Waals surface area contributed by atoms with Crippen LogP contribution in [0.2, 0.25) is 0 Å². The second kappa shape index (κ2) is 6.02. The van der Waals surface area contributed by atoms with E-state index >= 15 is 0 Å². The molecule has 0 saturated heterocycles. The highest BCUT2D eigenvalue weighted by Gasteiger charge is 2.21. The molecular weight excluding hydrogens is 340 g/mol. The Labute approximate surface area is 135 Å². The van der Waals surface area contributed by atoms with E-state index in [0.29, 0.717) is 5.82 Å². The zero-order valence-corrected chi connectivity index (χ0v) is 13.6. The van der Waals surface area contributed by atoms with Crippen LogP contribution in [0.4, 0.5) is 5.13 Å². The summed E-state index contributed by atoms with van der Waals surface area (Å²) in [6, 6.07) is 5.57. The first kappa shape index (κ1) is 15.5. The van der Waals surface area contributed by atoms with Crippen molar-refractivity contribution in [1.29, 1.82) is 0 Å². The molecule has 3 aromatic rings. The standard InChI is InChI=1S/C12H12N6O3S2/c1-8(19)15-11-16-17-12(22-11)23(20,21)14-7-10-13-6-9-4-2-3-5-18(9)10/h2-6,14H,7H2,1H3,(H,15,16,19). The number of aromatic nitrogens is 4. The molecule has 0 spiro atoms. The lowest BCUT2D eigenvalue weighted by Gasteiger charge is -2.03. The highest BCUT2D eigenvalue weighted by atomic mass is 32.2. The number of fused-ring (bicyclic) bond motifs is 1. The first-order valence-electron chi connectivity index (χ1n) is 6.47. The molecule has 2 N–H and O–H groups in total. The number of hydrogen-bond acceptors (Lipinski definition) is 7. The predicted octanol–water partition coefficient (Wildman–Crippen LogP) is 0.623. The van der Waals surface area contributed by atoms with Gasteiger partial charge in [-0.2, -0.15) is 0 Å². The molecule has 1 amide bonds. The molecule has 3 aromatic heterocycles. The molecule has 0 atom stereocenters. The average Bonchev–Trinajstić information content (AvgIpc) is 3.12. The molecule has 0 radical (unpaired) electrons. The van der Waals surface area contributed by atoms with Gasteiger partial charge in [-0.3, -0.25) is 4.79 Å². The Kier molecular flexibility index (Phi) is 4.07. The Bertz CT molecular complexity index is 962. The molecule has 3 heterocycles. The molecule has 0 bridgehead atoms. The molecule has 9 nitrogen and oxygen atoms in total. The van der Waals surface area contributed by atoms with Gasteiger partial charge in [-0.15, -0.1) is 10.2 Å². The van der Waals surface area contributed by atoms with Crippen LogP contribution in [0.25, 0.3) is 5.52 Å². The van der Waals surface area contributed by atoms with Gasteiger partial charge in [0.15, 0.2) is 0 Å². The molecule has 23 heavy (non-hydrogen) atoms. The maximum Gasteiger partial charge on any atom is 0.270 e. The molecule has 0 fully saturated rings. The Hall–Kier alpha value is -2.37.